The van der Waals surface area contributed by atoms with Gasteiger partial charge in [-0.3, -0.25) is 0 Å². The smallest absolute Gasteiger partial charge is 0.177 e. The zero-order valence-corrected chi connectivity index (χ0v) is 14.0. The number of hydrogen-bond acceptors (Lipinski definition) is 3. The first-order valence-electron chi connectivity index (χ1n) is 5.77. The van der Waals surface area contributed by atoms with E-state index in [2.05, 4.69) is 0 Å². The fourth-order valence-electron chi connectivity index (χ4n) is 1.65. The Morgan fingerprint density at radius 2 is 1.48 bits per heavy atom. The summed E-state index contributed by atoms with van der Waals surface area (Å²) in [4.78, 5) is 0. The second-order valence-corrected chi connectivity index (χ2v) is 5.96. The molecule has 2 N–H and O–H groups in total. The van der Waals surface area contributed by atoms with Gasteiger partial charge in [-0.2, -0.15) is 0 Å². The molecule has 0 fully saturated rings. The highest BCUT2D eigenvalue weighted by atomic mass is 35.5. The largest absolute Gasteiger partial charge is 0.507 e. The van der Waals surface area contributed by atoms with Crippen molar-refractivity contribution in [3.05, 3.63) is 43.4 Å². The zero-order chi connectivity index (χ0) is 15.9. The summed E-state index contributed by atoms with van der Waals surface area (Å²) in [5.74, 6) is -0.374. The fourth-order valence-corrected chi connectivity index (χ4v) is 2.68. The van der Waals surface area contributed by atoms with Gasteiger partial charge in [-0.1, -0.05) is 46.4 Å². The fraction of sp³-hybridized carbons (Fsp3) is 0.143. The van der Waals surface area contributed by atoms with Crippen molar-refractivity contribution in [2.45, 2.75) is 13.8 Å². The van der Waals surface area contributed by atoms with Crippen LogP contribution in [0.2, 0.25) is 20.1 Å². The maximum absolute atomic E-state index is 9.99. The van der Waals surface area contributed by atoms with Crippen LogP contribution in [-0.4, -0.2) is 10.2 Å². The van der Waals surface area contributed by atoms with Crippen LogP contribution in [0.1, 0.15) is 11.1 Å². The van der Waals surface area contributed by atoms with Crippen molar-refractivity contribution in [1.82, 2.24) is 0 Å². The summed E-state index contributed by atoms with van der Waals surface area (Å²) in [5, 5.41) is 20.5. The van der Waals surface area contributed by atoms with Crippen LogP contribution in [0.4, 0.5) is 0 Å². The van der Waals surface area contributed by atoms with Gasteiger partial charge >= 0.3 is 0 Å². The van der Waals surface area contributed by atoms with E-state index < -0.39 is 0 Å². The normalized spacial score (nSPS) is 10.8. The Morgan fingerprint density at radius 3 is 2.10 bits per heavy atom. The van der Waals surface area contributed by atoms with Crippen molar-refractivity contribution in [2.24, 2.45) is 0 Å². The Morgan fingerprint density at radius 1 is 0.857 bits per heavy atom. The summed E-state index contributed by atoms with van der Waals surface area (Å²) in [6.07, 6.45) is 0. The van der Waals surface area contributed by atoms with Crippen molar-refractivity contribution in [1.29, 1.82) is 0 Å². The van der Waals surface area contributed by atoms with Gasteiger partial charge in [0, 0.05) is 16.7 Å². The monoisotopic (exact) mass is 366 g/mol. The second-order valence-electron chi connectivity index (χ2n) is 4.39. The Kier molecular flexibility index (Phi) is 4.69. The maximum atomic E-state index is 9.99. The summed E-state index contributed by atoms with van der Waals surface area (Å²) < 4.78 is 5.51. The van der Waals surface area contributed by atoms with E-state index in [1.54, 1.807) is 13.8 Å². The first kappa shape index (κ1) is 16.4. The molecule has 2 rings (SSSR count). The summed E-state index contributed by atoms with van der Waals surface area (Å²) in [5.41, 5.74) is 0.922. The van der Waals surface area contributed by atoms with Crippen molar-refractivity contribution in [3.8, 4) is 23.0 Å². The summed E-state index contributed by atoms with van der Waals surface area (Å²) >= 11 is 24.1. The predicted octanol–water partition coefficient (Wildman–Crippen LogP) is 6.12. The highest BCUT2D eigenvalue weighted by Gasteiger charge is 2.19. The molecule has 3 nitrogen and oxygen atoms in total. The van der Waals surface area contributed by atoms with Crippen LogP contribution in [-0.2, 0) is 0 Å². The van der Waals surface area contributed by atoms with Crippen LogP contribution in [0.3, 0.4) is 0 Å². The average Bonchev–Trinajstić information content (AvgIpc) is 2.44. The molecule has 21 heavy (non-hydrogen) atoms. The molecule has 112 valence electrons. The number of hydrogen-bond donors (Lipinski definition) is 2. The second kappa shape index (κ2) is 6.01. The molecule has 0 bridgehead atoms. The minimum absolute atomic E-state index is 0.0112. The van der Waals surface area contributed by atoms with Gasteiger partial charge in [0.15, 0.2) is 17.2 Å². The molecule has 2 aromatic rings. The lowest BCUT2D eigenvalue weighted by Crippen LogP contribution is -1.92. The summed E-state index contributed by atoms with van der Waals surface area (Å²) in [6.45, 7) is 3.26. The van der Waals surface area contributed by atoms with E-state index in [4.69, 9.17) is 51.1 Å². The standard InChI is InChI=1S/C14H10Cl4O3/c1-5-7(15)3-8(16)14(12(5)18)21-10-4-9(19)6(2)11(17)13(10)20/h3-4,19-20H,1-2H3. The average molecular weight is 368 g/mol. The summed E-state index contributed by atoms with van der Waals surface area (Å²) in [7, 11) is 0. The molecule has 0 heterocycles. The molecule has 2 aromatic carbocycles. The number of rotatable bonds is 2. The van der Waals surface area contributed by atoms with Gasteiger partial charge in [0.05, 0.1) is 15.1 Å². The lowest BCUT2D eigenvalue weighted by molar-refractivity contribution is 0.402. The maximum Gasteiger partial charge on any atom is 0.177 e. The summed E-state index contributed by atoms with van der Waals surface area (Å²) in [6, 6.07) is 2.71. The van der Waals surface area contributed by atoms with E-state index in [-0.39, 0.29) is 38.1 Å². The van der Waals surface area contributed by atoms with E-state index in [1.807, 2.05) is 0 Å². The quantitative estimate of drug-likeness (QED) is 0.628. The molecular weight excluding hydrogens is 358 g/mol. The van der Waals surface area contributed by atoms with Crippen LogP contribution in [0.5, 0.6) is 23.0 Å². The number of ether oxygens (including phenoxy) is 1. The van der Waals surface area contributed by atoms with Gasteiger partial charge in [0.2, 0.25) is 0 Å². The van der Waals surface area contributed by atoms with E-state index >= 15 is 0 Å². The predicted molar refractivity (Wildman–Crippen MR) is 85.8 cm³/mol. The number of benzene rings is 2. The lowest BCUT2D eigenvalue weighted by Gasteiger charge is -2.15. The number of phenols is 2. The van der Waals surface area contributed by atoms with Gasteiger partial charge < -0.3 is 14.9 Å². The van der Waals surface area contributed by atoms with Crippen LogP contribution >= 0.6 is 46.4 Å². The molecule has 0 saturated heterocycles. The molecule has 0 saturated carbocycles. The first-order chi connectivity index (χ1) is 9.73. The number of halogens is 4. The van der Waals surface area contributed by atoms with E-state index in [0.717, 1.165) is 0 Å². The third kappa shape index (κ3) is 2.97. The molecule has 0 aliphatic carbocycles. The minimum atomic E-state index is -0.313. The third-order valence-corrected chi connectivity index (χ3v) is 4.58. The van der Waals surface area contributed by atoms with Gasteiger partial charge in [-0.25, -0.2) is 0 Å². The van der Waals surface area contributed by atoms with Gasteiger partial charge in [-0.05, 0) is 25.5 Å². The molecule has 0 unspecified atom stereocenters. The van der Waals surface area contributed by atoms with E-state index in [9.17, 15) is 10.2 Å². The molecule has 0 atom stereocenters. The van der Waals surface area contributed by atoms with Crippen LogP contribution in [0.15, 0.2) is 12.1 Å². The molecule has 0 aromatic heterocycles. The van der Waals surface area contributed by atoms with Gasteiger partial charge in [0.1, 0.15) is 5.75 Å². The highest BCUT2D eigenvalue weighted by molar-refractivity contribution is 6.41. The van der Waals surface area contributed by atoms with Crippen molar-refractivity contribution in [2.75, 3.05) is 0 Å². The van der Waals surface area contributed by atoms with Crippen LogP contribution < -0.4 is 4.74 Å². The Balaban J connectivity index is 2.56. The van der Waals surface area contributed by atoms with Crippen LogP contribution in [0.25, 0.3) is 0 Å². The van der Waals surface area contributed by atoms with Gasteiger partial charge in [-0.15, -0.1) is 0 Å². The Labute approximate surface area is 141 Å². The highest BCUT2D eigenvalue weighted by Crippen LogP contribution is 2.47. The molecule has 0 amide bonds. The first-order valence-corrected chi connectivity index (χ1v) is 7.28. The molecule has 0 aliphatic rings. The lowest BCUT2D eigenvalue weighted by atomic mass is 10.2. The van der Waals surface area contributed by atoms with Crippen molar-refractivity contribution < 1.29 is 14.9 Å². The third-order valence-electron chi connectivity index (χ3n) is 2.99. The SMILES string of the molecule is Cc1c(O)cc(Oc2c(Cl)cc(Cl)c(C)c2Cl)c(O)c1Cl. The number of aromatic hydroxyl groups is 2. The minimum Gasteiger partial charge on any atom is -0.507 e. The molecule has 7 heteroatoms. The Hall–Kier alpha value is -1.00. The van der Waals surface area contributed by atoms with Crippen molar-refractivity contribution in [3.63, 3.8) is 0 Å². The number of phenolic OH excluding ortho intramolecular Hbond substituents is 2. The molecule has 0 radical (unpaired) electrons. The zero-order valence-electron chi connectivity index (χ0n) is 11.0. The van der Waals surface area contributed by atoms with Crippen LogP contribution in [0, 0.1) is 13.8 Å². The van der Waals surface area contributed by atoms with E-state index in [1.165, 1.54) is 12.1 Å². The van der Waals surface area contributed by atoms with E-state index in [0.29, 0.717) is 16.1 Å². The molecule has 0 spiro atoms. The van der Waals surface area contributed by atoms with Gasteiger partial charge in [0.25, 0.3) is 0 Å². The molecule has 0 aliphatic heterocycles. The van der Waals surface area contributed by atoms with Crippen molar-refractivity contribution >= 4 is 46.4 Å². The topological polar surface area (TPSA) is 49.7 Å². The molecular formula is C14H10Cl4O3. The Bertz CT molecular complexity index is 729.